The van der Waals surface area contributed by atoms with Crippen LogP contribution in [0.4, 0.5) is 0 Å². The third-order valence-electron chi connectivity index (χ3n) is 5.37. The van der Waals surface area contributed by atoms with Gasteiger partial charge in [0.15, 0.2) is 0 Å². The molecular formula is C23H26N6O3S. The fraction of sp³-hybridized carbons (Fsp3) is 0.304. The minimum Gasteiger partial charge on any atom is -0.496 e. The van der Waals surface area contributed by atoms with Crippen molar-refractivity contribution in [2.24, 2.45) is 0 Å². The van der Waals surface area contributed by atoms with Gasteiger partial charge in [0, 0.05) is 12.1 Å². The van der Waals surface area contributed by atoms with Gasteiger partial charge in [-0.05, 0) is 44.4 Å². The van der Waals surface area contributed by atoms with Crippen LogP contribution in [0.3, 0.4) is 0 Å². The number of fused-ring (bicyclic) bond motifs is 3. The summed E-state index contributed by atoms with van der Waals surface area (Å²) in [5.41, 5.74) is 1.39. The Labute approximate surface area is 195 Å². The fourth-order valence-corrected chi connectivity index (χ4v) is 4.16. The molecule has 0 spiro atoms. The molecule has 0 aliphatic rings. The van der Waals surface area contributed by atoms with Gasteiger partial charge in [0.25, 0.3) is 5.56 Å². The molecule has 0 saturated heterocycles. The maximum absolute atomic E-state index is 13.5. The van der Waals surface area contributed by atoms with Crippen LogP contribution in [0.25, 0.3) is 16.7 Å². The van der Waals surface area contributed by atoms with Crippen molar-refractivity contribution in [1.82, 2.24) is 29.0 Å². The van der Waals surface area contributed by atoms with Crippen LogP contribution in [0.1, 0.15) is 12.5 Å². The highest BCUT2D eigenvalue weighted by molar-refractivity contribution is 7.71. The van der Waals surface area contributed by atoms with Gasteiger partial charge in [-0.2, -0.15) is 0 Å². The van der Waals surface area contributed by atoms with Crippen LogP contribution in [-0.2, 0) is 18.0 Å². The van der Waals surface area contributed by atoms with Crippen molar-refractivity contribution in [3.05, 3.63) is 69.2 Å². The molecule has 1 amide bonds. The number of methoxy groups -OCH3 is 1. The third kappa shape index (κ3) is 4.39. The average molecular weight is 467 g/mol. The summed E-state index contributed by atoms with van der Waals surface area (Å²) >= 11 is 5.75. The lowest BCUT2D eigenvalue weighted by Crippen LogP contribution is -2.36. The SMILES string of the molecule is CCNC(=O)CN(C)Cn1nc2n(Cc3ccccc3OC)c(=O)c3ccccc3n2c1=S. The summed E-state index contributed by atoms with van der Waals surface area (Å²) in [4.78, 5) is 27.3. The Morgan fingerprint density at radius 3 is 2.67 bits per heavy atom. The van der Waals surface area contributed by atoms with Gasteiger partial charge in [-0.25, -0.2) is 4.68 Å². The molecule has 4 rings (SSSR count). The number of nitrogens with zero attached hydrogens (tertiary/aromatic N) is 5. The zero-order valence-electron chi connectivity index (χ0n) is 18.8. The van der Waals surface area contributed by atoms with E-state index in [-0.39, 0.29) is 24.6 Å². The van der Waals surface area contributed by atoms with E-state index in [1.807, 2.05) is 61.3 Å². The predicted octanol–water partition coefficient (Wildman–Crippen LogP) is 2.26. The summed E-state index contributed by atoms with van der Waals surface area (Å²) in [5, 5.41) is 8.02. The number of hydrogen-bond donors (Lipinski definition) is 1. The van der Waals surface area contributed by atoms with Gasteiger partial charge < -0.3 is 10.1 Å². The molecule has 172 valence electrons. The highest BCUT2D eigenvalue weighted by Gasteiger charge is 2.18. The van der Waals surface area contributed by atoms with Crippen LogP contribution in [0, 0.1) is 4.77 Å². The number of likely N-dealkylation sites (N-methyl/N-ethyl adjacent to an activating group) is 2. The number of aromatic nitrogens is 4. The van der Waals surface area contributed by atoms with Crippen molar-refractivity contribution >= 4 is 34.8 Å². The standard InChI is InChI=1S/C23H26N6O3S/c1-4-24-20(30)14-26(2)15-28-23(33)29-18-11-7-6-10-17(18)21(31)27(22(29)25-28)13-16-9-5-8-12-19(16)32-3/h5-12H,4,13-15H2,1-3H3,(H,24,30). The number of ether oxygens (including phenoxy) is 1. The normalized spacial score (nSPS) is 11.4. The Morgan fingerprint density at radius 2 is 1.91 bits per heavy atom. The maximum Gasteiger partial charge on any atom is 0.263 e. The van der Waals surface area contributed by atoms with Crippen LogP contribution in [0.2, 0.25) is 0 Å². The Balaban J connectivity index is 1.86. The molecule has 1 N–H and O–H groups in total. The summed E-state index contributed by atoms with van der Waals surface area (Å²) in [6, 6.07) is 14.9. The number of benzene rings is 2. The molecule has 0 unspecified atom stereocenters. The Morgan fingerprint density at radius 1 is 1.18 bits per heavy atom. The smallest absolute Gasteiger partial charge is 0.263 e. The number of carbonyl (C=O) groups excluding carboxylic acids is 1. The summed E-state index contributed by atoms with van der Waals surface area (Å²) in [5.74, 6) is 1.05. The largest absolute Gasteiger partial charge is 0.496 e. The second kappa shape index (κ2) is 9.55. The van der Waals surface area contributed by atoms with Gasteiger partial charge in [-0.3, -0.25) is 23.5 Å². The van der Waals surface area contributed by atoms with Crippen molar-refractivity contribution in [3.63, 3.8) is 0 Å². The molecule has 0 bridgehead atoms. The van der Waals surface area contributed by atoms with Crippen LogP contribution < -0.4 is 15.6 Å². The number of para-hydroxylation sites is 2. The molecule has 0 aliphatic heterocycles. The molecule has 0 radical (unpaired) electrons. The highest BCUT2D eigenvalue weighted by atomic mass is 32.1. The van der Waals surface area contributed by atoms with Crippen LogP contribution in [-0.4, -0.2) is 56.8 Å². The topological polar surface area (TPSA) is 85.8 Å². The Hall–Kier alpha value is -3.50. The number of amides is 1. The molecule has 0 fully saturated rings. The van der Waals surface area contributed by atoms with E-state index in [1.165, 1.54) is 0 Å². The number of hydrogen-bond acceptors (Lipinski definition) is 6. The predicted molar refractivity (Wildman–Crippen MR) is 129 cm³/mol. The molecule has 4 aromatic rings. The number of carbonyl (C=O) groups is 1. The quantitative estimate of drug-likeness (QED) is 0.401. The van der Waals surface area contributed by atoms with E-state index in [0.29, 0.717) is 40.4 Å². The lowest BCUT2D eigenvalue weighted by atomic mass is 10.2. The summed E-state index contributed by atoms with van der Waals surface area (Å²) < 4.78 is 11.0. The zero-order valence-corrected chi connectivity index (χ0v) is 19.6. The van der Waals surface area contributed by atoms with E-state index in [9.17, 15) is 9.59 Å². The maximum atomic E-state index is 13.5. The molecule has 2 heterocycles. The highest BCUT2D eigenvalue weighted by Crippen LogP contribution is 2.20. The summed E-state index contributed by atoms with van der Waals surface area (Å²) in [6.07, 6.45) is 0. The first-order valence-electron chi connectivity index (χ1n) is 10.6. The van der Waals surface area contributed by atoms with E-state index in [2.05, 4.69) is 5.32 Å². The first-order valence-corrected chi connectivity index (χ1v) is 11.0. The van der Waals surface area contributed by atoms with E-state index >= 15 is 0 Å². The van der Waals surface area contributed by atoms with Gasteiger partial charge >= 0.3 is 0 Å². The molecule has 10 heteroatoms. The van der Waals surface area contributed by atoms with Crippen LogP contribution in [0.5, 0.6) is 5.75 Å². The molecular weight excluding hydrogens is 440 g/mol. The monoisotopic (exact) mass is 466 g/mol. The lowest BCUT2D eigenvalue weighted by molar-refractivity contribution is -0.122. The van der Waals surface area contributed by atoms with Crippen molar-refractivity contribution in [3.8, 4) is 5.75 Å². The molecule has 33 heavy (non-hydrogen) atoms. The van der Waals surface area contributed by atoms with Gasteiger partial charge in [0.2, 0.25) is 16.5 Å². The van der Waals surface area contributed by atoms with Crippen molar-refractivity contribution in [2.75, 3.05) is 27.2 Å². The first kappa shape index (κ1) is 22.7. The van der Waals surface area contributed by atoms with Gasteiger partial charge in [0.05, 0.1) is 37.8 Å². The third-order valence-corrected chi connectivity index (χ3v) is 5.76. The minimum atomic E-state index is -0.160. The van der Waals surface area contributed by atoms with E-state index in [4.69, 9.17) is 22.1 Å². The Kier molecular flexibility index (Phi) is 6.57. The van der Waals surface area contributed by atoms with Crippen LogP contribution >= 0.6 is 12.2 Å². The Bertz CT molecular complexity index is 1440. The molecule has 2 aromatic carbocycles. The molecule has 0 aliphatic carbocycles. The van der Waals surface area contributed by atoms with Crippen molar-refractivity contribution in [1.29, 1.82) is 0 Å². The fourth-order valence-electron chi connectivity index (χ4n) is 3.88. The van der Waals surface area contributed by atoms with Gasteiger partial charge in [0.1, 0.15) is 5.75 Å². The second-order valence-corrected chi connectivity index (χ2v) is 8.11. The van der Waals surface area contributed by atoms with Gasteiger partial charge in [-0.1, -0.05) is 30.3 Å². The van der Waals surface area contributed by atoms with Crippen LogP contribution in [0.15, 0.2) is 53.3 Å². The molecule has 0 saturated carbocycles. The second-order valence-electron chi connectivity index (χ2n) is 7.75. The minimum absolute atomic E-state index is 0.0752. The molecule has 0 atom stereocenters. The first-order chi connectivity index (χ1) is 15.9. The molecule has 9 nitrogen and oxygen atoms in total. The zero-order chi connectivity index (χ0) is 23.5. The van der Waals surface area contributed by atoms with Crippen molar-refractivity contribution < 1.29 is 9.53 Å². The van der Waals surface area contributed by atoms with Gasteiger partial charge in [-0.15, -0.1) is 5.10 Å². The summed E-state index contributed by atoms with van der Waals surface area (Å²) in [6.45, 7) is 3.23. The summed E-state index contributed by atoms with van der Waals surface area (Å²) in [7, 11) is 3.42. The van der Waals surface area contributed by atoms with Crippen molar-refractivity contribution in [2.45, 2.75) is 20.1 Å². The lowest BCUT2D eigenvalue weighted by Gasteiger charge is -2.15. The number of rotatable bonds is 8. The number of nitrogens with one attached hydrogen (secondary N) is 1. The average Bonchev–Trinajstić information content (AvgIpc) is 3.12. The van der Waals surface area contributed by atoms with E-state index < -0.39 is 0 Å². The van der Waals surface area contributed by atoms with E-state index in [0.717, 1.165) is 5.56 Å². The van der Waals surface area contributed by atoms with E-state index in [1.54, 1.807) is 26.8 Å². The molecule has 2 aromatic heterocycles.